The molecule has 0 fully saturated rings. The second-order valence-corrected chi connectivity index (χ2v) is 7.47. The molecule has 7 nitrogen and oxygen atoms in total. The first-order valence-corrected chi connectivity index (χ1v) is 9.10. The highest BCUT2D eigenvalue weighted by Gasteiger charge is 2.31. The lowest BCUT2D eigenvalue weighted by molar-refractivity contribution is 0.0222. The molecule has 25 heavy (non-hydrogen) atoms. The van der Waals surface area contributed by atoms with Gasteiger partial charge in [0.15, 0.2) is 5.69 Å². The summed E-state index contributed by atoms with van der Waals surface area (Å²) in [7, 11) is 0. The quantitative estimate of drug-likeness (QED) is 0.885. The SMILES string of the molecule is CCCN(CCC)C(=O)c1n[nH]c2c1CN(C(=O)OC(C)(C)C)CC2. The first kappa shape index (κ1) is 19.3. The molecule has 7 heteroatoms. The van der Waals surface area contributed by atoms with E-state index in [1.807, 2.05) is 25.7 Å². The molecule has 0 saturated heterocycles. The normalized spacial score (nSPS) is 14.2. The maximum absolute atomic E-state index is 12.9. The number of aromatic amines is 1. The maximum atomic E-state index is 12.9. The number of ether oxygens (including phenoxy) is 1. The van der Waals surface area contributed by atoms with Crippen molar-refractivity contribution in [2.75, 3.05) is 19.6 Å². The summed E-state index contributed by atoms with van der Waals surface area (Å²) in [5.41, 5.74) is 1.66. The summed E-state index contributed by atoms with van der Waals surface area (Å²) in [6, 6.07) is 0. The number of amides is 2. The number of aromatic nitrogens is 2. The highest BCUT2D eigenvalue weighted by molar-refractivity contribution is 5.94. The highest BCUT2D eigenvalue weighted by Crippen LogP contribution is 2.23. The van der Waals surface area contributed by atoms with Crippen LogP contribution in [0, 0.1) is 0 Å². The number of carbonyl (C=O) groups is 2. The van der Waals surface area contributed by atoms with Crippen molar-refractivity contribution in [2.45, 2.75) is 66.0 Å². The number of nitrogens with zero attached hydrogens (tertiary/aromatic N) is 3. The van der Waals surface area contributed by atoms with Crippen molar-refractivity contribution in [3.63, 3.8) is 0 Å². The van der Waals surface area contributed by atoms with Gasteiger partial charge in [0.25, 0.3) is 5.91 Å². The van der Waals surface area contributed by atoms with E-state index in [-0.39, 0.29) is 12.0 Å². The van der Waals surface area contributed by atoms with Crippen LogP contribution in [0.1, 0.15) is 69.2 Å². The van der Waals surface area contributed by atoms with Gasteiger partial charge in [0.05, 0.1) is 6.54 Å². The van der Waals surface area contributed by atoms with Crippen LogP contribution in [0.4, 0.5) is 4.79 Å². The molecule has 0 radical (unpaired) electrons. The molecule has 1 N–H and O–H groups in total. The maximum Gasteiger partial charge on any atom is 0.410 e. The Labute approximate surface area is 149 Å². The number of hydrogen-bond acceptors (Lipinski definition) is 4. The van der Waals surface area contributed by atoms with Gasteiger partial charge >= 0.3 is 6.09 Å². The first-order chi connectivity index (χ1) is 11.8. The van der Waals surface area contributed by atoms with Gasteiger partial charge in [0.2, 0.25) is 0 Å². The molecule has 0 spiro atoms. The van der Waals surface area contributed by atoms with Crippen molar-refractivity contribution in [3.05, 3.63) is 17.0 Å². The zero-order valence-corrected chi connectivity index (χ0v) is 16.0. The van der Waals surface area contributed by atoms with Gasteiger partial charge in [-0.1, -0.05) is 13.8 Å². The van der Waals surface area contributed by atoms with Gasteiger partial charge in [-0.15, -0.1) is 0 Å². The molecule has 0 unspecified atom stereocenters. The van der Waals surface area contributed by atoms with E-state index < -0.39 is 5.60 Å². The topological polar surface area (TPSA) is 78.5 Å². The fourth-order valence-corrected chi connectivity index (χ4v) is 2.96. The smallest absolute Gasteiger partial charge is 0.410 e. The fourth-order valence-electron chi connectivity index (χ4n) is 2.96. The minimum absolute atomic E-state index is 0.0627. The average Bonchev–Trinajstić information content (AvgIpc) is 2.95. The fraction of sp³-hybridized carbons (Fsp3) is 0.722. The zero-order valence-electron chi connectivity index (χ0n) is 16.0. The van der Waals surface area contributed by atoms with Crippen molar-refractivity contribution in [1.82, 2.24) is 20.0 Å². The second kappa shape index (κ2) is 7.89. The molecule has 0 aromatic carbocycles. The van der Waals surface area contributed by atoms with E-state index in [0.717, 1.165) is 24.1 Å². The van der Waals surface area contributed by atoms with Gasteiger partial charge in [0.1, 0.15) is 5.60 Å². The number of rotatable bonds is 5. The Bertz CT molecular complexity index is 612. The third-order valence-electron chi connectivity index (χ3n) is 4.06. The molecule has 2 heterocycles. The van der Waals surface area contributed by atoms with Crippen molar-refractivity contribution >= 4 is 12.0 Å². The minimum atomic E-state index is -0.536. The Morgan fingerprint density at radius 3 is 2.44 bits per heavy atom. The molecule has 0 bridgehead atoms. The summed E-state index contributed by atoms with van der Waals surface area (Å²) in [5.74, 6) is -0.0627. The van der Waals surface area contributed by atoms with Gasteiger partial charge in [-0.25, -0.2) is 4.79 Å². The van der Waals surface area contributed by atoms with Crippen molar-refractivity contribution < 1.29 is 14.3 Å². The number of H-pyrrole nitrogens is 1. The van der Waals surface area contributed by atoms with E-state index in [1.54, 1.807) is 4.90 Å². The van der Waals surface area contributed by atoms with Crippen LogP contribution in [0.15, 0.2) is 0 Å². The monoisotopic (exact) mass is 350 g/mol. The Balaban J connectivity index is 2.17. The van der Waals surface area contributed by atoms with Crippen LogP contribution in [0.25, 0.3) is 0 Å². The summed E-state index contributed by atoms with van der Waals surface area (Å²) in [4.78, 5) is 28.7. The van der Waals surface area contributed by atoms with E-state index in [0.29, 0.717) is 38.3 Å². The summed E-state index contributed by atoms with van der Waals surface area (Å²) in [6.07, 6.45) is 2.11. The Morgan fingerprint density at radius 1 is 1.24 bits per heavy atom. The van der Waals surface area contributed by atoms with Crippen LogP contribution in [-0.2, 0) is 17.7 Å². The summed E-state index contributed by atoms with van der Waals surface area (Å²) >= 11 is 0. The third kappa shape index (κ3) is 4.74. The van der Waals surface area contributed by atoms with Gasteiger partial charge in [-0.2, -0.15) is 5.10 Å². The number of carbonyl (C=O) groups excluding carboxylic acids is 2. The average molecular weight is 350 g/mol. The molecule has 2 rings (SSSR count). The largest absolute Gasteiger partial charge is 0.444 e. The van der Waals surface area contributed by atoms with Crippen molar-refractivity contribution in [3.8, 4) is 0 Å². The number of hydrogen-bond donors (Lipinski definition) is 1. The predicted molar refractivity (Wildman–Crippen MR) is 95.4 cm³/mol. The first-order valence-electron chi connectivity index (χ1n) is 9.10. The zero-order chi connectivity index (χ0) is 18.6. The van der Waals surface area contributed by atoms with E-state index >= 15 is 0 Å². The summed E-state index contributed by atoms with van der Waals surface area (Å²) in [6.45, 7) is 12.0. The molecule has 1 aliphatic heterocycles. The summed E-state index contributed by atoms with van der Waals surface area (Å²) < 4.78 is 5.45. The summed E-state index contributed by atoms with van der Waals surface area (Å²) in [5, 5.41) is 7.23. The molecular weight excluding hydrogens is 320 g/mol. The van der Waals surface area contributed by atoms with Crippen LogP contribution < -0.4 is 0 Å². The van der Waals surface area contributed by atoms with Crippen LogP contribution in [0.2, 0.25) is 0 Å². The third-order valence-corrected chi connectivity index (χ3v) is 4.06. The number of fused-ring (bicyclic) bond motifs is 1. The lowest BCUT2D eigenvalue weighted by Gasteiger charge is -2.30. The highest BCUT2D eigenvalue weighted by atomic mass is 16.6. The molecule has 140 valence electrons. The molecule has 0 aliphatic carbocycles. The molecule has 2 amide bonds. The lowest BCUT2D eigenvalue weighted by atomic mass is 10.0. The Morgan fingerprint density at radius 2 is 1.88 bits per heavy atom. The predicted octanol–water partition coefficient (Wildman–Crippen LogP) is 2.97. The van der Waals surface area contributed by atoms with E-state index in [1.165, 1.54) is 0 Å². The number of nitrogens with one attached hydrogen (secondary N) is 1. The van der Waals surface area contributed by atoms with Crippen LogP contribution >= 0.6 is 0 Å². The Hall–Kier alpha value is -2.05. The van der Waals surface area contributed by atoms with E-state index in [9.17, 15) is 9.59 Å². The Kier molecular flexibility index (Phi) is 6.08. The molecule has 1 aromatic heterocycles. The minimum Gasteiger partial charge on any atom is -0.444 e. The van der Waals surface area contributed by atoms with E-state index in [4.69, 9.17) is 4.74 Å². The molecule has 0 saturated carbocycles. The van der Waals surface area contributed by atoms with Gasteiger partial charge < -0.3 is 14.5 Å². The standard InChI is InChI=1S/C18H30N4O3/c1-6-9-21(10-7-2)16(23)15-13-12-22(11-8-14(13)19-20-15)17(24)25-18(3,4)5/h6-12H2,1-5H3,(H,19,20). The molecule has 1 aliphatic rings. The second-order valence-electron chi connectivity index (χ2n) is 7.47. The molecular formula is C18H30N4O3. The molecule has 0 atom stereocenters. The van der Waals surface area contributed by atoms with Crippen molar-refractivity contribution in [2.24, 2.45) is 0 Å². The molecule has 1 aromatic rings. The van der Waals surface area contributed by atoms with Gasteiger partial charge in [-0.3, -0.25) is 9.89 Å². The van der Waals surface area contributed by atoms with Gasteiger partial charge in [0, 0.05) is 37.3 Å². The van der Waals surface area contributed by atoms with E-state index in [2.05, 4.69) is 24.0 Å². The van der Waals surface area contributed by atoms with Crippen LogP contribution in [0.3, 0.4) is 0 Å². The van der Waals surface area contributed by atoms with Gasteiger partial charge in [-0.05, 0) is 33.6 Å². The van der Waals surface area contributed by atoms with Crippen LogP contribution in [-0.4, -0.2) is 57.2 Å². The lowest BCUT2D eigenvalue weighted by Crippen LogP contribution is -2.40. The van der Waals surface area contributed by atoms with Crippen LogP contribution in [0.5, 0.6) is 0 Å². The van der Waals surface area contributed by atoms with Crippen molar-refractivity contribution in [1.29, 1.82) is 0 Å².